The van der Waals surface area contributed by atoms with Gasteiger partial charge < -0.3 is 9.30 Å². The summed E-state index contributed by atoms with van der Waals surface area (Å²) in [6.07, 6.45) is 2.27. The highest BCUT2D eigenvalue weighted by molar-refractivity contribution is 6.00. The third kappa shape index (κ3) is 3.02. The first kappa shape index (κ1) is 16.2. The van der Waals surface area contributed by atoms with Crippen LogP contribution in [0.4, 0.5) is 0 Å². The van der Waals surface area contributed by atoms with Crippen molar-refractivity contribution in [3.8, 4) is 0 Å². The van der Waals surface area contributed by atoms with E-state index in [1.807, 2.05) is 19.9 Å². The number of Topliss-reactive ketones (excluding diaryl/α,β-unsaturated/α-hetero) is 1. The Balaban J connectivity index is 1.69. The quantitative estimate of drug-likeness (QED) is 0.614. The Morgan fingerprint density at radius 1 is 1.29 bits per heavy atom. The minimum atomic E-state index is -0.727. The van der Waals surface area contributed by atoms with Crippen LogP contribution in [-0.4, -0.2) is 32.7 Å². The molecule has 126 valence electrons. The van der Waals surface area contributed by atoms with Gasteiger partial charge in [-0.15, -0.1) is 0 Å². The van der Waals surface area contributed by atoms with Crippen molar-refractivity contribution in [2.24, 2.45) is 7.05 Å². The minimum Gasteiger partial charge on any atom is -0.453 e. The SMILES string of the molecule is Cc1cc(C(=O)COC(=O)c2ccc(=O)n(C)n2)c(C)n1C1CC1. The highest BCUT2D eigenvalue weighted by Crippen LogP contribution is 2.38. The summed E-state index contributed by atoms with van der Waals surface area (Å²) in [5.41, 5.74) is 2.21. The van der Waals surface area contributed by atoms with E-state index in [1.165, 1.54) is 19.2 Å². The summed E-state index contributed by atoms with van der Waals surface area (Å²) in [4.78, 5) is 35.6. The number of hydrogen-bond acceptors (Lipinski definition) is 5. The van der Waals surface area contributed by atoms with Crippen molar-refractivity contribution in [1.29, 1.82) is 0 Å². The van der Waals surface area contributed by atoms with Crippen LogP contribution in [0.25, 0.3) is 0 Å². The minimum absolute atomic E-state index is 0.00615. The van der Waals surface area contributed by atoms with E-state index in [0.29, 0.717) is 11.6 Å². The molecule has 0 bridgehead atoms. The van der Waals surface area contributed by atoms with E-state index in [-0.39, 0.29) is 23.6 Å². The lowest BCUT2D eigenvalue weighted by Crippen LogP contribution is -2.23. The molecule has 1 aliphatic carbocycles. The highest BCUT2D eigenvalue weighted by Gasteiger charge is 2.28. The number of carbonyl (C=O) groups excluding carboxylic acids is 2. The summed E-state index contributed by atoms with van der Waals surface area (Å²) in [6.45, 7) is 3.54. The summed E-state index contributed by atoms with van der Waals surface area (Å²) >= 11 is 0. The van der Waals surface area contributed by atoms with E-state index in [0.717, 1.165) is 28.9 Å². The molecule has 0 unspecified atom stereocenters. The van der Waals surface area contributed by atoms with Crippen LogP contribution in [0.2, 0.25) is 0 Å². The molecule has 0 aromatic carbocycles. The Bertz CT molecular complexity index is 874. The second-order valence-corrected chi connectivity index (χ2v) is 6.07. The average molecular weight is 329 g/mol. The van der Waals surface area contributed by atoms with E-state index >= 15 is 0 Å². The second kappa shape index (κ2) is 6.07. The molecular formula is C17H19N3O4. The van der Waals surface area contributed by atoms with Gasteiger partial charge in [-0.25, -0.2) is 9.48 Å². The molecule has 7 nitrogen and oxygen atoms in total. The zero-order valence-electron chi connectivity index (χ0n) is 13.9. The van der Waals surface area contributed by atoms with Gasteiger partial charge in [0.15, 0.2) is 12.3 Å². The van der Waals surface area contributed by atoms with Crippen molar-refractivity contribution in [3.05, 3.63) is 51.2 Å². The molecule has 0 radical (unpaired) electrons. The summed E-state index contributed by atoms with van der Waals surface area (Å²) in [5, 5.41) is 3.80. The number of nitrogens with zero attached hydrogens (tertiary/aromatic N) is 3. The third-order valence-corrected chi connectivity index (χ3v) is 4.20. The number of rotatable bonds is 5. The Morgan fingerprint density at radius 3 is 2.62 bits per heavy atom. The molecule has 0 saturated heterocycles. The second-order valence-electron chi connectivity index (χ2n) is 6.07. The number of carbonyl (C=O) groups is 2. The Morgan fingerprint density at radius 2 is 2.00 bits per heavy atom. The molecular weight excluding hydrogens is 310 g/mol. The maximum atomic E-state index is 12.4. The van der Waals surface area contributed by atoms with E-state index in [4.69, 9.17) is 4.74 Å². The Labute approximate surface area is 138 Å². The Hall–Kier alpha value is -2.70. The van der Waals surface area contributed by atoms with Crippen LogP contribution in [-0.2, 0) is 11.8 Å². The maximum absolute atomic E-state index is 12.4. The highest BCUT2D eigenvalue weighted by atomic mass is 16.5. The first-order valence-corrected chi connectivity index (χ1v) is 7.81. The van der Waals surface area contributed by atoms with Crippen molar-refractivity contribution < 1.29 is 14.3 Å². The lowest BCUT2D eigenvalue weighted by molar-refractivity contribution is 0.0466. The summed E-state index contributed by atoms with van der Waals surface area (Å²) in [6, 6.07) is 4.85. The molecule has 1 saturated carbocycles. The van der Waals surface area contributed by atoms with Crippen LogP contribution < -0.4 is 5.56 Å². The predicted octanol–water partition coefficient (Wildman–Crippen LogP) is 1.57. The van der Waals surface area contributed by atoms with Crippen LogP contribution in [0.3, 0.4) is 0 Å². The van der Waals surface area contributed by atoms with Crippen molar-refractivity contribution in [2.45, 2.75) is 32.7 Å². The molecule has 1 aliphatic rings. The van der Waals surface area contributed by atoms with Gasteiger partial charge in [-0.2, -0.15) is 5.10 Å². The molecule has 3 rings (SSSR count). The monoisotopic (exact) mass is 329 g/mol. The van der Waals surface area contributed by atoms with Crippen LogP contribution in [0, 0.1) is 13.8 Å². The molecule has 0 aliphatic heterocycles. The lowest BCUT2D eigenvalue weighted by Gasteiger charge is -2.08. The smallest absolute Gasteiger partial charge is 0.359 e. The number of ether oxygens (including phenoxy) is 1. The van der Waals surface area contributed by atoms with Gasteiger partial charge in [-0.3, -0.25) is 9.59 Å². The fourth-order valence-electron chi connectivity index (χ4n) is 2.85. The van der Waals surface area contributed by atoms with Gasteiger partial charge in [0.05, 0.1) is 0 Å². The molecule has 7 heteroatoms. The van der Waals surface area contributed by atoms with Crippen molar-refractivity contribution in [1.82, 2.24) is 14.3 Å². The van der Waals surface area contributed by atoms with Gasteiger partial charge in [0.25, 0.3) is 5.56 Å². The summed E-state index contributed by atoms with van der Waals surface area (Å²) in [7, 11) is 1.44. The fourth-order valence-corrected chi connectivity index (χ4v) is 2.85. The van der Waals surface area contributed by atoms with Gasteiger partial charge >= 0.3 is 5.97 Å². The topological polar surface area (TPSA) is 83.2 Å². The van der Waals surface area contributed by atoms with Crippen molar-refractivity contribution in [3.63, 3.8) is 0 Å². The van der Waals surface area contributed by atoms with Gasteiger partial charge in [-0.05, 0) is 38.8 Å². The van der Waals surface area contributed by atoms with Gasteiger partial charge in [0, 0.05) is 36.1 Å². The van der Waals surface area contributed by atoms with E-state index in [1.54, 1.807) is 0 Å². The number of aromatic nitrogens is 3. The average Bonchev–Trinajstić information content (AvgIpc) is 3.32. The molecule has 2 heterocycles. The molecule has 1 fully saturated rings. The first-order chi connectivity index (χ1) is 11.4. The number of aryl methyl sites for hydroxylation is 2. The molecule has 2 aromatic heterocycles. The van der Waals surface area contributed by atoms with Crippen molar-refractivity contribution in [2.75, 3.05) is 6.61 Å². The van der Waals surface area contributed by atoms with Crippen LogP contribution >= 0.6 is 0 Å². The van der Waals surface area contributed by atoms with Crippen LogP contribution in [0.1, 0.15) is 51.1 Å². The maximum Gasteiger partial charge on any atom is 0.359 e. The van der Waals surface area contributed by atoms with Gasteiger partial charge in [-0.1, -0.05) is 0 Å². The van der Waals surface area contributed by atoms with Crippen molar-refractivity contribution >= 4 is 11.8 Å². The summed E-state index contributed by atoms with van der Waals surface area (Å²) in [5.74, 6) is -0.969. The van der Waals surface area contributed by atoms with E-state index in [9.17, 15) is 14.4 Å². The number of esters is 1. The molecule has 0 N–H and O–H groups in total. The largest absolute Gasteiger partial charge is 0.453 e. The molecule has 24 heavy (non-hydrogen) atoms. The van der Waals surface area contributed by atoms with E-state index < -0.39 is 5.97 Å². The zero-order chi connectivity index (χ0) is 17.4. The fraction of sp³-hybridized carbons (Fsp3) is 0.412. The third-order valence-electron chi connectivity index (χ3n) is 4.20. The van der Waals surface area contributed by atoms with Crippen LogP contribution in [0.5, 0.6) is 0 Å². The number of ketones is 1. The lowest BCUT2D eigenvalue weighted by atomic mass is 10.1. The predicted molar refractivity (Wildman–Crippen MR) is 86.3 cm³/mol. The summed E-state index contributed by atoms with van der Waals surface area (Å²) < 4.78 is 8.26. The van der Waals surface area contributed by atoms with Gasteiger partial charge in [0.2, 0.25) is 5.78 Å². The molecule has 2 aromatic rings. The molecule has 0 atom stereocenters. The zero-order valence-corrected chi connectivity index (χ0v) is 13.9. The first-order valence-electron chi connectivity index (χ1n) is 7.81. The van der Waals surface area contributed by atoms with E-state index in [2.05, 4.69) is 9.67 Å². The molecule has 0 amide bonds. The molecule has 0 spiro atoms. The Kier molecular flexibility index (Phi) is 4.09. The normalized spacial score (nSPS) is 13.8. The number of hydrogen-bond donors (Lipinski definition) is 0. The standard InChI is InChI=1S/C17H19N3O4/c1-10-8-13(11(2)20(10)12-4-5-12)15(21)9-24-17(23)14-6-7-16(22)19(3)18-14/h6-8,12H,4-5,9H2,1-3H3. The van der Waals surface area contributed by atoms with Crippen LogP contribution in [0.15, 0.2) is 23.0 Å². The van der Waals surface area contributed by atoms with Gasteiger partial charge in [0.1, 0.15) is 0 Å².